The van der Waals surface area contributed by atoms with E-state index in [-0.39, 0.29) is 11.6 Å². The third-order valence-corrected chi connectivity index (χ3v) is 4.21. The number of nitrogens with zero attached hydrogens (tertiary/aromatic N) is 1. The molecule has 0 aliphatic rings. The largest absolute Gasteiger partial charge is 0.326 e. The summed E-state index contributed by atoms with van der Waals surface area (Å²) in [6, 6.07) is 0.270. The minimum absolute atomic E-state index is 0.148. The maximum atomic E-state index is 6.48. The van der Waals surface area contributed by atoms with Crippen LogP contribution in [0.25, 0.3) is 0 Å². The molecule has 17 heavy (non-hydrogen) atoms. The molecule has 0 heterocycles. The Morgan fingerprint density at radius 1 is 1.00 bits per heavy atom. The second kappa shape index (κ2) is 6.75. The summed E-state index contributed by atoms with van der Waals surface area (Å²) >= 11 is 0. The number of nitrogens with two attached hydrogens (primary N) is 1. The first-order valence-electron chi connectivity index (χ1n) is 7.21. The third-order valence-electron chi connectivity index (χ3n) is 4.21. The van der Waals surface area contributed by atoms with Gasteiger partial charge in [-0.25, -0.2) is 0 Å². The number of hydrogen-bond donors (Lipinski definition) is 1. The van der Waals surface area contributed by atoms with Crippen LogP contribution in [-0.2, 0) is 0 Å². The Balaban J connectivity index is 4.62. The molecule has 0 saturated heterocycles. The van der Waals surface area contributed by atoms with Crippen molar-refractivity contribution in [2.24, 2.45) is 11.1 Å². The first kappa shape index (κ1) is 16.9. The topological polar surface area (TPSA) is 29.3 Å². The van der Waals surface area contributed by atoms with E-state index in [0.29, 0.717) is 5.41 Å². The Hall–Kier alpha value is -0.0800. The summed E-state index contributed by atoms with van der Waals surface area (Å²) in [5.74, 6) is 0. The molecule has 2 N–H and O–H groups in total. The van der Waals surface area contributed by atoms with E-state index in [4.69, 9.17) is 5.73 Å². The maximum absolute atomic E-state index is 6.48. The van der Waals surface area contributed by atoms with E-state index in [9.17, 15) is 0 Å². The molecule has 0 saturated carbocycles. The van der Waals surface area contributed by atoms with Gasteiger partial charge >= 0.3 is 0 Å². The molecule has 0 bridgehead atoms. The molecule has 0 aromatic rings. The van der Waals surface area contributed by atoms with Gasteiger partial charge < -0.3 is 5.73 Å². The molecule has 2 nitrogen and oxygen atoms in total. The fraction of sp³-hybridized carbons (Fsp3) is 1.00. The van der Waals surface area contributed by atoms with Gasteiger partial charge in [-0.15, -0.1) is 0 Å². The van der Waals surface area contributed by atoms with Gasteiger partial charge in [-0.1, -0.05) is 41.5 Å². The molecule has 0 aliphatic carbocycles. The van der Waals surface area contributed by atoms with Crippen molar-refractivity contribution in [2.75, 3.05) is 13.1 Å². The van der Waals surface area contributed by atoms with E-state index < -0.39 is 0 Å². The van der Waals surface area contributed by atoms with Gasteiger partial charge in [-0.2, -0.15) is 0 Å². The van der Waals surface area contributed by atoms with Crippen molar-refractivity contribution in [3.05, 3.63) is 0 Å². The van der Waals surface area contributed by atoms with Crippen molar-refractivity contribution in [1.82, 2.24) is 4.90 Å². The summed E-state index contributed by atoms with van der Waals surface area (Å²) in [5, 5.41) is 0. The Labute approximate surface area is 109 Å². The van der Waals surface area contributed by atoms with Gasteiger partial charge in [-0.3, -0.25) is 4.90 Å². The van der Waals surface area contributed by atoms with Gasteiger partial charge in [0, 0.05) is 11.6 Å². The van der Waals surface area contributed by atoms with E-state index in [0.717, 1.165) is 25.9 Å². The lowest BCUT2D eigenvalue weighted by Gasteiger charge is -2.45. The summed E-state index contributed by atoms with van der Waals surface area (Å²) in [7, 11) is 0. The maximum Gasteiger partial charge on any atom is 0.0329 e. The highest BCUT2D eigenvalue weighted by molar-refractivity contribution is 4.94. The summed E-state index contributed by atoms with van der Waals surface area (Å²) in [6.07, 6.45) is 3.44. The molecular weight excluding hydrogens is 208 g/mol. The van der Waals surface area contributed by atoms with Crippen molar-refractivity contribution in [1.29, 1.82) is 0 Å². The van der Waals surface area contributed by atoms with Gasteiger partial charge in [0.05, 0.1) is 0 Å². The summed E-state index contributed by atoms with van der Waals surface area (Å²) < 4.78 is 0. The first-order chi connectivity index (χ1) is 7.71. The van der Waals surface area contributed by atoms with Gasteiger partial charge in [0.15, 0.2) is 0 Å². The second-order valence-electron chi connectivity index (χ2n) is 6.59. The van der Waals surface area contributed by atoms with Gasteiger partial charge in [0.25, 0.3) is 0 Å². The molecule has 0 aromatic carbocycles. The van der Waals surface area contributed by atoms with Crippen molar-refractivity contribution in [3.8, 4) is 0 Å². The van der Waals surface area contributed by atoms with Crippen molar-refractivity contribution >= 4 is 0 Å². The first-order valence-corrected chi connectivity index (χ1v) is 7.21. The van der Waals surface area contributed by atoms with Crippen LogP contribution in [0.1, 0.15) is 67.7 Å². The molecular formula is C15H34N2. The standard InChI is InChI=1S/C15H34N2/c1-8-15(7,17(9-2)10-3)13(16)11-12-14(4,5)6/h13H,8-12,16H2,1-7H3. The molecule has 0 amide bonds. The minimum Gasteiger partial charge on any atom is -0.326 e. The van der Waals surface area contributed by atoms with Crippen LogP contribution in [0.4, 0.5) is 0 Å². The van der Waals surface area contributed by atoms with Crippen molar-refractivity contribution in [2.45, 2.75) is 79.3 Å². The summed E-state index contributed by atoms with van der Waals surface area (Å²) in [5.41, 5.74) is 7.01. The smallest absolute Gasteiger partial charge is 0.0329 e. The molecule has 0 fully saturated rings. The molecule has 0 radical (unpaired) electrons. The molecule has 104 valence electrons. The SMILES string of the molecule is CCN(CC)C(C)(CC)C(N)CCC(C)(C)C. The Morgan fingerprint density at radius 2 is 1.47 bits per heavy atom. The van der Waals surface area contributed by atoms with Crippen LogP contribution in [0.5, 0.6) is 0 Å². The van der Waals surface area contributed by atoms with Crippen molar-refractivity contribution in [3.63, 3.8) is 0 Å². The lowest BCUT2D eigenvalue weighted by atomic mass is 9.80. The fourth-order valence-electron chi connectivity index (χ4n) is 2.57. The van der Waals surface area contributed by atoms with E-state index >= 15 is 0 Å². The van der Waals surface area contributed by atoms with Crippen LogP contribution in [0, 0.1) is 5.41 Å². The normalized spacial score (nSPS) is 18.2. The highest BCUT2D eigenvalue weighted by Gasteiger charge is 2.34. The Morgan fingerprint density at radius 3 is 1.76 bits per heavy atom. The van der Waals surface area contributed by atoms with Crippen LogP contribution in [0.15, 0.2) is 0 Å². The lowest BCUT2D eigenvalue weighted by Crippen LogP contribution is -2.57. The van der Waals surface area contributed by atoms with E-state index in [1.807, 2.05) is 0 Å². The van der Waals surface area contributed by atoms with E-state index in [2.05, 4.69) is 53.4 Å². The molecule has 0 aliphatic heterocycles. The van der Waals surface area contributed by atoms with Crippen molar-refractivity contribution < 1.29 is 0 Å². The monoisotopic (exact) mass is 242 g/mol. The second-order valence-corrected chi connectivity index (χ2v) is 6.59. The lowest BCUT2D eigenvalue weighted by molar-refractivity contribution is 0.0770. The zero-order valence-corrected chi connectivity index (χ0v) is 13.1. The van der Waals surface area contributed by atoms with Crippen LogP contribution < -0.4 is 5.73 Å². The quantitative estimate of drug-likeness (QED) is 0.738. The summed E-state index contributed by atoms with van der Waals surface area (Å²) in [4.78, 5) is 2.51. The average molecular weight is 242 g/mol. The third kappa shape index (κ3) is 4.97. The van der Waals surface area contributed by atoms with Crippen LogP contribution in [0.2, 0.25) is 0 Å². The molecule has 2 atom stereocenters. The summed E-state index contributed by atoms with van der Waals surface area (Å²) in [6.45, 7) is 18.1. The Kier molecular flexibility index (Phi) is 6.71. The van der Waals surface area contributed by atoms with E-state index in [1.165, 1.54) is 6.42 Å². The van der Waals surface area contributed by atoms with Crippen LogP contribution >= 0.6 is 0 Å². The van der Waals surface area contributed by atoms with Gasteiger partial charge in [0.2, 0.25) is 0 Å². The average Bonchev–Trinajstić information content (AvgIpc) is 2.25. The van der Waals surface area contributed by atoms with Gasteiger partial charge in [-0.05, 0) is 44.7 Å². The van der Waals surface area contributed by atoms with Gasteiger partial charge in [0.1, 0.15) is 0 Å². The van der Waals surface area contributed by atoms with E-state index in [1.54, 1.807) is 0 Å². The molecule has 0 spiro atoms. The van der Waals surface area contributed by atoms with Crippen LogP contribution in [-0.4, -0.2) is 29.6 Å². The Bertz CT molecular complexity index is 203. The molecule has 2 unspecified atom stereocenters. The number of hydrogen-bond acceptors (Lipinski definition) is 2. The minimum atomic E-state index is 0.148. The molecule has 0 rings (SSSR count). The number of rotatable bonds is 7. The zero-order valence-electron chi connectivity index (χ0n) is 13.1. The van der Waals surface area contributed by atoms with Crippen LogP contribution in [0.3, 0.4) is 0 Å². The predicted molar refractivity (Wildman–Crippen MR) is 78.3 cm³/mol. The fourth-order valence-corrected chi connectivity index (χ4v) is 2.57. The number of likely N-dealkylation sites (N-methyl/N-ethyl adjacent to an activating group) is 1. The molecule has 0 aromatic heterocycles. The zero-order chi connectivity index (χ0) is 13.7. The highest BCUT2D eigenvalue weighted by atomic mass is 15.2. The molecule has 2 heteroatoms. The predicted octanol–water partition coefficient (Wildman–Crippen LogP) is 3.65. The highest BCUT2D eigenvalue weighted by Crippen LogP contribution is 2.29.